The normalized spacial score (nSPS) is 21.1. The van der Waals surface area contributed by atoms with E-state index in [0.717, 1.165) is 11.3 Å². The topological polar surface area (TPSA) is 136 Å². The van der Waals surface area contributed by atoms with E-state index in [1.807, 2.05) is 42.5 Å². The van der Waals surface area contributed by atoms with Crippen LogP contribution in [0.1, 0.15) is 25.7 Å². The lowest BCUT2D eigenvalue weighted by Gasteiger charge is -2.56. The molecule has 1 amide bonds. The zero-order valence-corrected chi connectivity index (χ0v) is 22.5. The van der Waals surface area contributed by atoms with Crippen LogP contribution in [-0.4, -0.2) is 36.5 Å². The van der Waals surface area contributed by atoms with Gasteiger partial charge in [-0.1, -0.05) is 30.3 Å². The fraction of sp³-hybridized carbons (Fsp3) is 0.219. The number of aromatic nitrogens is 4. The minimum Gasteiger partial charge on any atom is -0.481 e. The first-order chi connectivity index (χ1) is 20.3. The van der Waals surface area contributed by atoms with Gasteiger partial charge in [-0.2, -0.15) is 0 Å². The molecule has 0 aliphatic heterocycles. The smallest absolute Gasteiger partial charge is 0.306 e. The van der Waals surface area contributed by atoms with Gasteiger partial charge in [0.1, 0.15) is 17.2 Å². The number of amides is 1. The van der Waals surface area contributed by atoms with Crippen LogP contribution in [0.2, 0.25) is 0 Å². The Morgan fingerprint density at radius 1 is 0.952 bits per heavy atom. The first-order valence-electron chi connectivity index (χ1n) is 13.8. The van der Waals surface area contributed by atoms with Crippen molar-refractivity contribution in [1.82, 2.24) is 19.5 Å². The summed E-state index contributed by atoms with van der Waals surface area (Å²) in [4.78, 5) is 37.9. The van der Waals surface area contributed by atoms with Gasteiger partial charge in [-0.3, -0.25) is 14.2 Å². The van der Waals surface area contributed by atoms with E-state index in [9.17, 15) is 9.59 Å². The monoisotopic (exact) mass is 562 g/mol. The van der Waals surface area contributed by atoms with Gasteiger partial charge in [0, 0.05) is 23.7 Å². The molecule has 2 fully saturated rings. The first-order valence-corrected chi connectivity index (χ1v) is 13.8. The minimum atomic E-state index is -0.776. The number of carbonyl (C=O) groups excluding carboxylic acids is 1. The van der Waals surface area contributed by atoms with E-state index in [1.54, 1.807) is 29.0 Å². The number of nitrogens with one attached hydrogen (secondary N) is 1. The number of carboxylic acid groups (broad SMARTS) is 1. The number of nitrogens with zero attached hydrogens (tertiary/aromatic N) is 4. The van der Waals surface area contributed by atoms with E-state index < -0.39 is 11.8 Å². The summed E-state index contributed by atoms with van der Waals surface area (Å²) in [7, 11) is 0. The predicted octanol–water partition coefficient (Wildman–Crippen LogP) is 5.70. The van der Waals surface area contributed by atoms with Crippen molar-refractivity contribution in [2.45, 2.75) is 25.7 Å². The van der Waals surface area contributed by atoms with Gasteiger partial charge in [0.2, 0.25) is 5.91 Å². The van der Waals surface area contributed by atoms with Crippen LogP contribution in [0.5, 0.6) is 0 Å². The van der Waals surface area contributed by atoms with E-state index in [0.29, 0.717) is 53.9 Å². The van der Waals surface area contributed by atoms with Crippen molar-refractivity contribution in [1.29, 1.82) is 0 Å². The van der Waals surface area contributed by atoms with Gasteiger partial charge >= 0.3 is 5.97 Å². The average molecular weight is 563 g/mol. The molecule has 2 aliphatic carbocycles. The molecule has 2 aromatic carbocycles. The lowest BCUT2D eigenvalue weighted by molar-refractivity contribution is -0.159. The lowest BCUT2D eigenvalue weighted by atomic mass is 9.48. The maximum absolute atomic E-state index is 15.5. The second-order valence-corrected chi connectivity index (χ2v) is 11.3. The number of nitrogens with two attached hydrogens (primary N) is 1. The fourth-order valence-corrected chi connectivity index (χ4v) is 6.40. The third-order valence-corrected chi connectivity index (χ3v) is 8.56. The molecule has 210 valence electrons. The Hall–Kier alpha value is -5.12. The second kappa shape index (κ2) is 9.76. The molecule has 2 aliphatic rings. The van der Waals surface area contributed by atoms with E-state index in [2.05, 4.69) is 10.3 Å². The minimum absolute atomic E-state index is 0.0495. The third-order valence-electron chi connectivity index (χ3n) is 8.56. The van der Waals surface area contributed by atoms with E-state index >= 15 is 4.39 Å². The standard InChI is InChI=1S/C32H27FN6O3/c33-23-13-21(8-9-25(23)38-30(40)19-14-32(15-19)16-20(17-32)31(41)42)39-28(22-7-4-12-35-27(22)34)37-26-11-10-24(36-29(26)39)18-5-2-1-3-6-18/h1-13,19-20H,14-17H2,(H2,34,35)(H,38,40)(H,41,42). The van der Waals surface area contributed by atoms with Crippen LogP contribution in [0.15, 0.2) is 79.0 Å². The number of carboxylic acids is 1. The van der Waals surface area contributed by atoms with Crippen molar-refractivity contribution in [2.75, 3.05) is 11.1 Å². The van der Waals surface area contributed by atoms with Crippen LogP contribution in [0.3, 0.4) is 0 Å². The molecule has 10 heteroatoms. The molecule has 0 bridgehead atoms. The van der Waals surface area contributed by atoms with Gasteiger partial charge < -0.3 is 16.2 Å². The summed E-state index contributed by atoms with van der Waals surface area (Å²) in [5, 5.41) is 11.9. The molecule has 3 aromatic heterocycles. The maximum Gasteiger partial charge on any atom is 0.306 e. The highest BCUT2D eigenvalue weighted by Crippen LogP contribution is 2.61. The molecule has 3 heterocycles. The molecule has 5 aromatic rings. The zero-order chi connectivity index (χ0) is 29.0. The quantitative estimate of drug-likeness (QED) is 0.241. The van der Waals surface area contributed by atoms with Gasteiger partial charge in [-0.15, -0.1) is 0 Å². The highest BCUT2D eigenvalue weighted by Gasteiger charge is 2.56. The first kappa shape index (κ1) is 25.8. The maximum atomic E-state index is 15.5. The third kappa shape index (κ3) is 4.36. The summed E-state index contributed by atoms with van der Waals surface area (Å²) in [5.74, 6) is -1.46. The molecule has 0 saturated heterocycles. The van der Waals surface area contributed by atoms with Crippen LogP contribution in [0.4, 0.5) is 15.9 Å². The Bertz CT molecular complexity index is 1860. The molecular formula is C32H27FN6O3. The van der Waals surface area contributed by atoms with Crippen LogP contribution in [0.25, 0.3) is 39.5 Å². The SMILES string of the molecule is Nc1ncccc1-c1nc2ccc(-c3ccccc3)nc2n1-c1ccc(NC(=O)C2CC3(CC(C(=O)O)C3)C2)c(F)c1. The molecule has 2 saturated carbocycles. The molecule has 0 atom stereocenters. The van der Waals surface area contributed by atoms with Crippen molar-refractivity contribution in [3.63, 3.8) is 0 Å². The number of hydrogen-bond donors (Lipinski definition) is 3. The van der Waals surface area contributed by atoms with Crippen LogP contribution in [0, 0.1) is 23.1 Å². The Balaban J connectivity index is 1.21. The van der Waals surface area contributed by atoms with Crippen molar-refractivity contribution in [3.05, 3.63) is 84.8 Å². The van der Waals surface area contributed by atoms with Gasteiger partial charge in [-0.25, -0.2) is 19.3 Å². The van der Waals surface area contributed by atoms with Gasteiger partial charge in [0.25, 0.3) is 0 Å². The van der Waals surface area contributed by atoms with Crippen molar-refractivity contribution < 1.29 is 19.1 Å². The Kier molecular flexibility index (Phi) is 6.00. The number of anilines is 2. The molecule has 9 nitrogen and oxygen atoms in total. The highest BCUT2D eigenvalue weighted by atomic mass is 19.1. The fourth-order valence-electron chi connectivity index (χ4n) is 6.40. The number of rotatable bonds is 6. The number of halogens is 1. The molecule has 0 unspecified atom stereocenters. The van der Waals surface area contributed by atoms with Crippen molar-refractivity contribution in [2.24, 2.45) is 17.3 Å². The number of imidazole rings is 1. The lowest BCUT2D eigenvalue weighted by Crippen LogP contribution is -2.52. The number of nitrogen functional groups attached to an aromatic ring is 1. The summed E-state index contributed by atoms with van der Waals surface area (Å²) in [6.07, 6.45) is 4.08. The Morgan fingerprint density at radius 2 is 1.71 bits per heavy atom. The van der Waals surface area contributed by atoms with Crippen molar-refractivity contribution in [3.8, 4) is 28.3 Å². The summed E-state index contributed by atoms with van der Waals surface area (Å²) in [5.41, 5.74) is 10.1. The highest BCUT2D eigenvalue weighted by molar-refractivity contribution is 5.94. The van der Waals surface area contributed by atoms with Crippen molar-refractivity contribution >= 4 is 34.5 Å². The molecule has 7 rings (SSSR count). The molecule has 4 N–H and O–H groups in total. The summed E-state index contributed by atoms with van der Waals surface area (Å²) in [6.45, 7) is 0. The van der Waals surface area contributed by atoms with E-state index in [4.69, 9.17) is 20.8 Å². The average Bonchev–Trinajstić information content (AvgIpc) is 3.32. The summed E-state index contributed by atoms with van der Waals surface area (Å²) >= 11 is 0. The van der Waals surface area contributed by atoms with Crippen LogP contribution >= 0.6 is 0 Å². The predicted molar refractivity (Wildman–Crippen MR) is 156 cm³/mol. The number of hydrogen-bond acceptors (Lipinski definition) is 6. The number of pyridine rings is 2. The second-order valence-electron chi connectivity index (χ2n) is 11.3. The van der Waals surface area contributed by atoms with E-state index in [1.165, 1.54) is 12.1 Å². The largest absolute Gasteiger partial charge is 0.481 e. The van der Waals surface area contributed by atoms with Gasteiger partial charge in [0.05, 0.1) is 28.6 Å². The molecule has 42 heavy (non-hydrogen) atoms. The summed E-state index contributed by atoms with van der Waals surface area (Å²) in [6, 6.07) is 21.6. The molecule has 1 spiro atoms. The molecular weight excluding hydrogens is 535 g/mol. The Labute approximate surface area is 240 Å². The number of fused-ring (bicyclic) bond motifs is 1. The van der Waals surface area contributed by atoms with Crippen LogP contribution in [-0.2, 0) is 9.59 Å². The zero-order valence-electron chi connectivity index (χ0n) is 22.5. The number of carbonyl (C=O) groups is 2. The van der Waals surface area contributed by atoms with E-state index in [-0.39, 0.29) is 34.7 Å². The van der Waals surface area contributed by atoms with Gasteiger partial charge in [0.15, 0.2) is 11.5 Å². The summed E-state index contributed by atoms with van der Waals surface area (Å²) < 4.78 is 17.3. The van der Waals surface area contributed by atoms with Gasteiger partial charge in [-0.05, 0) is 67.5 Å². The Morgan fingerprint density at radius 3 is 2.43 bits per heavy atom. The number of benzene rings is 2. The van der Waals surface area contributed by atoms with Crippen LogP contribution < -0.4 is 11.1 Å². The molecule has 0 radical (unpaired) electrons. The number of aliphatic carboxylic acids is 1.